The van der Waals surface area contributed by atoms with Crippen molar-refractivity contribution in [3.63, 3.8) is 0 Å². The smallest absolute Gasteiger partial charge is 0.0407 e. The van der Waals surface area contributed by atoms with Gasteiger partial charge < -0.3 is 5.73 Å². The molecule has 2 N–H and O–H groups in total. The molecule has 1 aromatic heterocycles. The van der Waals surface area contributed by atoms with E-state index in [2.05, 4.69) is 18.0 Å². The van der Waals surface area contributed by atoms with E-state index in [0.29, 0.717) is 6.54 Å². The molecule has 0 saturated carbocycles. The molecule has 0 aliphatic rings. The Morgan fingerprint density at radius 3 is 2.58 bits per heavy atom. The lowest BCUT2D eigenvalue weighted by Crippen LogP contribution is -2.00. The molecule has 0 aromatic carbocycles. The van der Waals surface area contributed by atoms with E-state index in [-0.39, 0.29) is 12.4 Å². The lowest BCUT2D eigenvalue weighted by Gasteiger charge is -2.01. The van der Waals surface area contributed by atoms with Gasteiger partial charge in [-0.3, -0.25) is 4.98 Å². The fourth-order valence-corrected chi connectivity index (χ4v) is 1.11. The van der Waals surface area contributed by atoms with Crippen LogP contribution in [-0.4, -0.2) is 4.98 Å². The fourth-order valence-electron chi connectivity index (χ4n) is 1.11. The molecule has 0 aliphatic heterocycles. The lowest BCUT2D eigenvalue weighted by atomic mass is 10.2. The van der Waals surface area contributed by atoms with Crippen LogP contribution in [0.2, 0.25) is 0 Å². The summed E-state index contributed by atoms with van der Waals surface area (Å²) < 4.78 is 0. The van der Waals surface area contributed by atoms with E-state index in [1.807, 2.05) is 13.0 Å². The molecule has 1 rings (SSSR count). The zero-order valence-corrected chi connectivity index (χ0v) is 8.32. The van der Waals surface area contributed by atoms with Gasteiger partial charge in [-0.15, -0.1) is 12.4 Å². The van der Waals surface area contributed by atoms with Gasteiger partial charge in [0.15, 0.2) is 0 Å². The number of nitrogens with two attached hydrogens (primary N) is 1. The molecule has 1 aromatic rings. The van der Waals surface area contributed by atoms with Gasteiger partial charge in [0.2, 0.25) is 0 Å². The van der Waals surface area contributed by atoms with E-state index in [0.717, 1.165) is 17.8 Å². The van der Waals surface area contributed by atoms with E-state index in [9.17, 15) is 0 Å². The van der Waals surface area contributed by atoms with E-state index in [4.69, 9.17) is 5.73 Å². The van der Waals surface area contributed by atoms with Gasteiger partial charge in [-0.25, -0.2) is 0 Å². The molecule has 0 fully saturated rings. The molecule has 0 amide bonds. The summed E-state index contributed by atoms with van der Waals surface area (Å²) in [4.78, 5) is 4.34. The monoisotopic (exact) mass is 186 g/mol. The highest BCUT2D eigenvalue weighted by molar-refractivity contribution is 5.85. The molecule has 0 atom stereocenters. The van der Waals surface area contributed by atoms with Crippen molar-refractivity contribution in [1.29, 1.82) is 0 Å². The normalized spacial score (nSPS) is 9.25. The number of aromatic nitrogens is 1. The molecule has 68 valence electrons. The van der Waals surface area contributed by atoms with Crippen LogP contribution >= 0.6 is 12.4 Å². The zero-order chi connectivity index (χ0) is 8.27. The molecule has 0 saturated heterocycles. The minimum Gasteiger partial charge on any atom is -0.326 e. The van der Waals surface area contributed by atoms with Gasteiger partial charge in [-0.05, 0) is 31.0 Å². The second kappa shape index (κ2) is 5.12. The van der Waals surface area contributed by atoms with Crippen molar-refractivity contribution < 1.29 is 0 Å². The average molecular weight is 187 g/mol. The third-order valence-corrected chi connectivity index (χ3v) is 1.66. The Morgan fingerprint density at radius 2 is 2.08 bits per heavy atom. The maximum absolute atomic E-state index is 5.51. The minimum absolute atomic E-state index is 0. The number of nitrogens with zero attached hydrogens (tertiary/aromatic N) is 1. The van der Waals surface area contributed by atoms with Gasteiger partial charge in [-0.1, -0.05) is 6.92 Å². The van der Waals surface area contributed by atoms with Crippen LogP contribution in [0.25, 0.3) is 0 Å². The number of aryl methyl sites for hydroxylation is 2. The standard InChI is InChI=1S/C9H14N2.ClH/c1-3-9-5-8(6-10)4-7(2)11-9;/h4-5H,3,6,10H2,1-2H3;1H. The molecule has 0 radical (unpaired) electrons. The summed E-state index contributed by atoms with van der Waals surface area (Å²) >= 11 is 0. The predicted octanol–water partition coefficient (Wildman–Crippen LogP) is 1.83. The fraction of sp³-hybridized carbons (Fsp3) is 0.444. The Kier molecular flexibility index (Phi) is 4.86. The van der Waals surface area contributed by atoms with Crippen LogP contribution in [0.5, 0.6) is 0 Å². The van der Waals surface area contributed by atoms with Crippen molar-refractivity contribution in [1.82, 2.24) is 4.98 Å². The second-order valence-electron chi connectivity index (χ2n) is 2.67. The van der Waals surface area contributed by atoms with Gasteiger partial charge in [0.1, 0.15) is 0 Å². The van der Waals surface area contributed by atoms with Crippen molar-refractivity contribution in [2.24, 2.45) is 5.73 Å². The van der Waals surface area contributed by atoms with Gasteiger partial charge >= 0.3 is 0 Å². The van der Waals surface area contributed by atoms with Crippen LogP contribution in [0.3, 0.4) is 0 Å². The third-order valence-electron chi connectivity index (χ3n) is 1.66. The first kappa shape index (κ1) is 11.4. The summed E-state index contributed by atoms with van der Waals surface area (Å²) in [6.07, 6.45) is 0.981. The van der Waals surface area contributed by atoms with Crippen molar-refractivity contribution >= 4 is 12.4 Å². The first-order chi connectivity index (χ1) is 5.26. The van der Waals surface area contributed by atoms with Crippen LogP contribution in [0.15, 0.2) is 12.1 Å². The van der Waals surface area contributed by atoms with E-state index in [1.165, 1.54) is 5.56 Å². The summed E-state index contributed by atoms with van der Waals surface area (Å²) in [5.41, 5.74) is 8.88. The first-order valence-electron chi connectivity index (χ1n) is 3.92. The minimum atomic E-state index is 0. The van der Waals surface area contributed by atoms with Crippen LogP contribution in [0, 0.1) is 6.92 Å². The number of hydrogen-bond donors (Lipinski definition) is 1. The van der Waals surface area contributed by atoms with Gasteiger partial charge in [0.05, 0.1) is 0 Å². The van der Waals surface area contributed by atoms with Crippen molar-refractivity contribution in [2.75, 3.05) is 0 Å². The van der Waals surface area contributed by atoms with Gasteiger partial charge in [0.25, 0.3) is 0 Å². The van der Waals surface area contributed by atoms with E-state index >= 15 is 0 Å². The lowest BCUT2D eigenvalue weighted by molar-refractivity contribution is 0.966. The van der Waals surface area contributed by atoms with Crippen LogP contribution in [0.4, 0.5) is 0 Å². The highest BCUT2D eigenvalue weighted by Gasteiger charge is 1.95. The van der Waals surface area contributed by atoms with E-state index < -0.39 is 0 Å². The highest BCUT2D eigenvalue weighted by atomic mass is 35.5. The quantitative estimate of drug-likeness (QED) is 0.766. The van der Waals surface area contributed by atoms with Crippen LogP contribution in [0.1, 0.15) is 23.9 Å². The maximum atomic E-state index is 5.51. The Morgan fingerprint density at radius 1 is 1.42 bits per heavy atom. The second-order valence-corrected chi connectivity index (χ2v) is 2.67. The largest absolute Gasteiger partial charge is 0.326 e. The van der Waals surface area contributed by atoms with Crippen LogP contribution < -0.4 is 5.73 Å². The Balaban J connectivity index is 0.00000121. The van der Waals surface area contributed by atoms with Crippen LogP contribution in [-0.2, 0) is 13.0 Å². The molecule has 1 heterocycles. The average Bonchev–Trinajstić information content (AvgIpc) is 2.03. The molecule has 0 unspecified atom stereocenters. The van der Waals surface area contributed by atoms with Crippen molar-refractivity contribution in [3.05, 3.63) is 29.1 Å². The molecule has 2 nitrogen and oxygen atoms in total. The number of halogens is 1. The zero-order valence-electron chi connectivity index (χ0n) is 7.50. The molecule has 0 aliphatic carbocycles. The predicted molar refractivity (Wildman–Crippen MR) is 53.5 cm³/mol. The number of rotatable bonds is 2. The number of pyridine rings is 1. The summed E-state index contributed by atoms with van der Waals surface area (Å²) in [5.74, 6) is 0. The molecule has 0 bridgehead atoms. The molecular formula is C9H15ClN2. The highest BCUT2D eigenvalue weighted by Crippen LogP contribution is 2.04. The van der Waals surface area contributed by atoms with Gasteiger partial charge in [0, 0.05) is 17.9 Å². The Bertz CT molecular complexity index is 226. The summed E-state index contributed by atoms with van der Waals surface area (Å²) in [7, 11) is 0. The number of hydrogen-bond acceptors (Lipinski definition) is 2. The Hall–Kier alpha value is -0.600. The first-order valence-corrected chi connectivity index (χ1v) is 3.92. The van der Waals surface area contributed by atoms with Gasteiger partial charge in [-0.2, -0.15) is 0 Å². The van der Waals surface area contributed by atoms with Crippen molar-refractivity contribution in [3.8, 4) is 0 Å². The molecule has 12 heavy (non-hydrogen) atoms. The maximum Gasteiger partial charge on any atom is 0.0407 e. The summed E-state index contributed by atoms with van der Waals surface area (Å²) in [6, 6.07) is 4.09. The molecule has 3 heteroatoms. The summed E-state index contributed by atoms with van der Waals surface area (Å²) in [6.45, 7) is 4.71. The molecule has 0 spiro atoms. The topological polar surface area (TPSA) is 38.9 Å². The summed E-state index contributed by atoms with van der Waals surface area (Å²) in [5, 5.41) is 0. The third kappa shape index (κ3) is 2.80. The Labute approximate surface area is 79.6 Å². The molecular weight excluding hydrogens is 172 g/mol. The van der Waals surface area contributed by atoms with Crippen molar-refractivity contribution in [2.45, 2.75) is 26.8 Å². The SMILES string of the molecule is CCc1cc(CN)cc(C)n1.Cl. The van der Waals surface area contributed by atoms with E-state index in [1.54, 1.807) is 0 Å².